The second-order valence-corrected chi connectivity index (χ2v) is 4.06. The molecule has 0 aliphatic rings. The summed E-state index contributed by atoms with van der Waals surface area (Å²) >= 11 is 0. The van der Waals surface area contributed by atoms with E-state index in [0.29, 0.717) is 35.7 Å². The molecule has 0 bridgehead atoms. The summed E-state index contributed by atoms with van der Waals surface area (Å²) in [4.78, 5) is 0. The third kappa shape index (κ3) is 3.80. The highest BCUT2D eigenvalue weighted by Crippen LogP contribution is 2.39. The first-order valence-electron chi connectivity index (χ1n) is 6.09. The summed E-state index contributed by atoms with van der Waals surface area (Å²) in [6.07, 6.45) is 6.47. The van der Waals surface area contributed by atoms with E-state index in [1.807, 2.05) is 0 Å². The van der Waals surface area contributed by atoms with Crippen LogP contribution in [-0.4, -0.2) is 26.4 Å². The van der Waals surface area contributed by atoms with Gasteiger partial charge in [0.1, 0.15) is 17.2 Å². The first kappa shape index (κ1) is 15.2. The molecule has 19 heavy (non-hydrogen) atoms. The highest BCUT2D eigenvalue weighted by Gasteiger charge is 2.20. The lowest BCUT2D eigenvalue weighted by molar-refractivity contribution is 0.156. The predicted octanol–water partition coefficient (Wildman–Crippen LogP) is 2.55. The number of terminal acetylenes is 1. The van der Waals surface area contributed by atoms with Crippen LogP contribution in [0.2, 0.25) is 0 Å². The molecule has 0 radical (unpaired) electrons. The maximum atomic E-state index is 10.3. The van der Waals surface area contributed by atoms with E-state index in [9.17, 15) is 5.11 Å². The van der Waals surface area contributed by atoms with Gasteiger partial charge in [-0.05, 0) is 12.8 Å². The van der Waals surface area contributed by atoms with Crippen molar-refractivity contribution < 1.29 is 19.3 Å². The highest BCUT2D eigenvalue weighted by molar-refractivity contribution is 5.51. The number of aliphatic hydroxyl groups is 1. The topological polar surface area (TPSA) is 47.9 Å². The van der Waals surface area contributed by atoms with Crippen LogP contribution >= 0.6 is 0 Å². The minimum atomic E-state index is -0.677. The van der Waals surface area contributed by atoms with E-state index >= 15 is 0 Å². The number of methoxy groups -OCH3 is 3. The second-order valence-electron chi connectivity index (χ2n) is 4.06. The third-order valence-electron chi connectivity index (χ3n) is 2.89. The van der Waals surface area contributed by atoms with Crippen molar-refractivity contribution in [1.29, 1.82) is 0 Å². The van der Waals surface area contributed by atoms with Crippen molar-refractivity contribution in [2.75, 3.05) is 21.3 Å². The van der Waals surface area contributed by atoms with Crippen molar-refractivity contribution in [3.05, 3.63) is 17.7 Å². The first-order chi connectivity index (χ1) is 9.17. The molecule has 0 aromatic heterocycles. The Morgan fingerprint density at radius 3 is 2.16 bits per heavy atom. The molecule has 0 fully saturated rings. The van der Waals surface area contributed by atoms with Crippen molar-refractivity contribution >= 4 is 0 Å². The molecule has 4 nitrogen and oxygen atoms in total. The summed E-state index contributed by atoms with van der Waals surface area (Å²) in [7, 11) is 4.66. The molecule has 1 aromatic carbocycles. The molecule has 1 unspecified atom stereocenters. The number of hydrogen-bond donors (Lipinski definition) is 1. The molecule has 4 heteroatoms. The van der Waals surface area contributed by atoms with E-state index < -0.39 is 6.10 Å². The lowest BCUT2D eigenvalue weighted by Gasteiger charge is -2.19. The molecule has 1 atom stereocenters. The number of ether oxygens (including phenoxy) is 3. The third-order valence-corrected chi connectivity index (χ3v) is 2.89. The van der Waals surface area contributed by atoms with Gasteiger partial charge in [0.15, 0.2) is 0 Å². The van der Waals surface area contributed by atoms with E-state index in [1.54, 1.807) is 33.5 Å². The molecule has 0 aliphatic carbocycles. The van der Waals surface area contributed by atoms with E-state index in [4.69, 9.17) is 20.6 Å². The maximum absolute atomic E-state index is 10.3. The summed E-state index contributed by atoms with van der Waals surface area (Å²) in [5, 5.41) is 10.3. The quantitative estimate of drug-likeness (QED) is 0.607. The summed E-state index contributed by atoms with van der Waals surface area (Å²) in [5.41, 5.74) is 0.628. The molecule has 1 aromatic rings. The Bertz CT molecular complexity index is 423. The first-order valence-corrected chi connectivity index (χ1v) is 6.09. The fraction of sp³-hybridized carbons (Fsp3) is 0.467. The molecular weight excluding hydrogens is 244 g/mol. The molecule has 104 valence electrons. The van der Waals surface area contributed by atoms with Gasteiger partial charge in [-0.2, -0.15) is 0 Å². The van der Waals surface area contributed by atoms with Crippen molar-refractivity contribution in [1.82, 2.24) is 0 Å². The fourth-order valence-electron chi connectivity index (χ4n) is 1.90. The van der Waals surface area contributed by atoms with Gasteiger partial charge in [0.25, 0.3) is 0 Å². The van der Waals surface area contributed by atoms with Gasteiger partial charge >= 0.3 is 0 Å². The summed E-state index contributed by atoms with van der Waals surface area (Å²) < 4.78 is 15.8. The molecule has 0 saturated carbocycles. The van der Waals surface area contributed by atoms with Crippen LogP contribution in [0.3, 0.4) is 0 Å². The zero-order valence-electron chi connectivity index (χ0n) is 11.6. The molecular formula is C15H20O4. The van der Waals surface area contributed by atoms with Gasteiger partial charge in [-0.15, -0.1) is 12.3 Å². The molecule has 0 heterocycles. The van der Waals surface area contributed by atoms with Crippen LogP contribution in [0.1, 0.15) is 30.9 Å². The fourth-order valence-corrected chi connectivity index (χ4v) is 1.90. The molecule has 0 amide bonds. The number of benzene rings is 1. The number of hydrogen-bond acceptors (Lipinski definition) is 4. The molecule has 0 aliphatic heterocycles. The monoisotopic (exact) mass is 264 g/mol. The Hall–Kier alpha value is -1.86. The van der Waals surface area contributed by atoms with Crippen molar-refractivity contribution in [3.8, 4) is 29.6 Å². The molecule has 1 N–H and O–H groups in total. The Morgan fingerprint density at radius 2 is 1.74 bits per heavy atom. The lowest BCUT2D eigenvalue weighted by atomic mass is 10.0. The van der Waals surface area contributed by atoms with Crippen LogP contribution in [0.15, 0.2) is 12.1 Å². The SMILES string of the molecule is C#CCCCC(O)c1c(OC)cc(OC)cc1OC. The largest absolute Gasteiger partial charge is 0.496 e. The average molecular weight is 264 g/mol. The standard InChI is InChI=1S/C15H20O4/c1-5-6-7-8-12(16)15-13(18-3)9-11(17-2)10-14(15)19-4/h1,9-10,12,16H,6-8H2,2-4H3. The van der Waals surface area contributed by atoms with Crippen LogP contribution in [0.4, 0.5) is 0 Å². The van der Waals surface area contributed by atoms with Gasteiger partial charge in [0.2, 0.25) is 0 Å². The Kier molecular flexibility index (Phi) is 6.04. The van der Waals surface area contributed by atoms with Crippen molar-refractivity contribution in [3.63, 3.8) is 0 Å². The van der Waals surface area contributed by atoms with Crippen molar-refractivity contribution in [2.45, 2.75) is 25.4 Å². The minimum absolute atomic E-state index is 0.546. The zero-order chi connectivity index (χ0) is 14.3. The molecule has 0 saturated heterocycles. The van der Waals surface area contributed by atoms with Gasteiger partial charge < -0.3 is 19.3 Å². The normalized spacial score (nSPS) is 11.5. The van der Waals surface area contributed by atoms with Crippen LogP contribution in [0.25, 0.3) is 0 Å². The summed E-state index contributed by atoms with van der Waals surface area (Å²) in [6, 6.07) is 3.45. The van der Waals surface area contributed by atoms with E-state index in [-0.39, 0.29) is 0 Å². The maximum Gasteiger partial charge on any atom is 0.132 e. The van der Waals surface area contributed by atoms with Crippen LogP contribution in [0, 0.1) is 12.3 Å². The zero-order valence-corrected chi connectivity index (χ0v) is 11.6. The lowest BCUT2D eigenvalue weighted by Crippen LogP contribution is -2.04. The molecule has 0 spiro atoms. The van der Waals surface area contributed by atoms with Crippen LogP contribution in [0.5, 0.6) is 17.2 Å². The summed E-state index contributed by atoms with van der Waals surface area (Å²) in [5.74, 6) is 4.27. The van der Waals surface area contributed by atoms with Gasteiger partial charge in [0, 0.05) is 18.6 Å². The van der Waals surface area contributed by atoms with Gasteiger partial charge in [-0.3, -0.25) is 0 Å². The van der Waals surface area contributed by atoms with E-state index in [2.05, 4.69) is 5.92 Å². The Labute approximate surface area is 114 Å². The van der Waals surface area contributed by atoms with Crippen LogP contribution < -0.4 is 14.2 Å². The average Bonchev–Trinajstić information content (AvgIpc) is 2.45. The van der Waals surface area contributed by atoms with Crippen LogP contribution in [-0.2, 0) is 0 Å². The smallest absolute Gasteiger partial charge is 0.132 e. The van der Waals surface area contributed by atoms with Crippen molar-refractivity contribution in [2.24, 2.45) is 0 Å². The van der Waals surface area contributed by atoms with Gasteiger partial charge in [-0.1, -0.05) is 0 Å². The van der Waals surface area contributed by atoms with E-state index in [0.717, 1.165) is 6.42 Å². The minimum Gasteiger partial charge on any atom is -0.496 e. The highest BCUT2D eigenvalue weighted by atomic mass is 16.5. The second kappa shape index (κ2) is 7.55. The molecule has 1 rings (SSSR count). The summed E-state index contributed by atoms with van der Waals surface area (Å²) in [6.45, 7) is 0. The predicted molar refractivity (Wildman–Crippen MR) is 73.7 cm³/mol. The Morgan fingerprint density at radius 1 is 1.16 bits per heavy atom. The van der Waals surface area contributed by atoms with Gasteiger partial charge in [-0.25, -0.2) is 0 Å². The number of unbranched alkanes of at least 4 members (excludes halogenated alkanes) is 1. The van der Waals surface area contributed by atoms with E-state index in [1.165, 1.54) is 0 Å². The number of rotatable bonds is 7. The number of aliphatic hydroxyl groups excluding tert-OH is 1. The Balaban J connectivity index is 3.06. The van der Waals surface area contributed by atoms with Gasteiger partial charge in [0.05, 0.1) is 33.0 Å².